The van der Waals surface area contributed by atoms with E-state index >= 15 is 0 Å². The van der Waals surface area contributed by atoms with Crippen LogP contribution in [0.15, 0.2) is 18.3 Å². The van der Waals surface area contributed by atoms with Gasteiger partial charge in [0, 0.05) is 29.1 Å². The molecular weight excluding hydrogens is 279 g/mol. The second-order valence-electron chi connectivity index (χ2n) is 4.77. The molecule has 0 bridgehead atoms. The minimum atomic E-state index is -1.49. The van der Waals surface area contributed by atoms with Crippen LogP contribution in [0.5, 0.6) is 0 Å². The van der Waals surface area contributed by atoms with Crippen molar-refractivity contribution in [2.24, 2.45) is 0 Å². The molecule has 1 heterocycles. The van der Waals surface area contributed by atoms with Gasteiger partial charge in [-0.2, -0.15) is 0 Å². The largest absolute Gasteiger partial charge is 0.310 e. The van der Waals surface area contributed by atoms with Gasteiger partial charge in [-0.15, -0.1) is 0 Å². The third-order valence-electron chi connectivity index (χ3n) is 3.24. The maximum Gasteiger partial charge on any atom is 0.194 e. The van der Waals surface area contributed by atoms with Crippen molar-refractivity contribution < 1.29 is 13.2 Å². The quantitative estimate of drug-likeness (QED) is 0.877. The van der Waals surface area contributed by atoms with Gasteiger partial charge in [-0.1, -0.05) is 6.92 Å². The lowest BCUT2D eigenvalue weighted by molar-refractivity contribution is 0.447. The van der Waals surface area contributed by atoms with Crippen LogP contribution in [0, 0.1) is 24.4 Å². The summed E-state index contributed by atoms with van der Waals surface area (Å²) in [5.74, 6) is -3.83. The fourth-order valence-electron chi connectivity index (χ4n) is 2.14. The molecule has 0 spiro atoms. The maximum atomic E-state index is 13.3. The van der Waals surface area contributed by atoms with E-state index in [9.17, 15) is 13.2 Å². The maximum absolute atomic E-state index is 13.3. The molecule has 0 amide bonds. The van der Waals surface area contributed by atoms with Crippen LogP contribution >= 0.6 is 0 Å². The average molecular weight is 295 g/mol. The zero-order valence-corrected chi connectivity index (χ0v) is 12.0. The Morgan fingerprint density at radius 2 is 1.81 bits per heavy atom. The van der Waals surface area contributed by atoms with Crippen LogP contribution in [0.2, 0.25) is 0 Å². The topological polar surface area (TPSA) is 37.8 Å². The number of hydrogen-bond acceptors (Lipinski definition) is 3. The number of rotatable bonds is 4. The molecule has 3 nitrogen and oxygen atoms in total. The molecule has 112 valence electrons. The van der Waals surface area contributed by atoms with Crippen molar-refractivity contribution in [3.8, 4) is 11.4 Å². The zero-order chi connectivity index (χ0) is 15.6. The van der Waals surface area contributed by atoms with Crippen LogP contribution < -0.4 is 5.32 Å². The van der Waals surface area contributed by atoms with Crippen molar-refractivity contribution in [3.63, 3.8) is 0 Å². The first-order valence-corrected chi connectivity index (χ1v) is 6.65. The molecule has 0 aliphatic carbocycles. The van der Waals surface area contributed by atoms with Gasteiger partial charge in [0.1, 0.15) is 0 Å². The molecule has 6 heteroatoms. The van der Waals surface area contributed by atoms with Crippen LogP contribution in [0.1, 0.15) is 31.1 Å². The number of nitrogens with zero attached hydrogens (tertiary/aromatic N) is 2. The molecule has 0 aliphatic rings. The molecule has 0 saturated carbocycles. The van der Waals surface area contributed by atoms with E-state index in [-0.39, 0.29) is 17.4 Å². The molecule has 1 atom stereocenters. The van der Waals surface area contributed by atoms with Gasteiger partial charge in [-0.25, -0.2) is 23.1 Å². The molecule has 0 radical (unpaired) electrons. The Bertz CT molecular complexity index is 636. The Kier molecular flexibility index (Phi) is 4.57. The number of hydrogen-bond donors (Lipinski definition) is 1. The zero-order valence-electron chi connectivity index (χ0n) is 12.0. The molecule has 1 unspecified atom stereocenters. The fourth-order valence-corrected chi connectivity index (χ4v) is 2.14. The molecule has 1 aromatic carbocycles. The summed E-state index contributed by atoms with van der Waals surface area (Å²) in [6.45, 7) is 6.57. The normalized spacial score (nSPS) is 12.5. The van der Waals surface area contributed by atoms with E-state index in [2.05, 4.69) is 15.3 Å². The first-order chi connectivity index (χ1) is 9.93. The summed E-state index contributed by atoms with van der Waals surface area (Å²) in [5.41, 5.74) is 1.72. The van der Waals surface area contributed by atoms with Crippen LogP contribution in [-0.4, -0.2) is 16.5 Å². The summed E-state index contributed by atoms with van der Waals surface area (Å²) in [7, 11) is 0. The molecule has 1 aromatic heterocycles. The standard InChI is InChI=1S/C15H16F3N3/c1-4-19-8(2)11-7-20-15(21-9(11)3)10-5-12(16)14(18)13(17)6-10/h5-8,19H,4H2,1-3H3. The molecule has 0 fully saturated rings. The van der Waals surface area contributed by atoms with Gasteiger partial charge < -0.3 is 5.32 Å². The number of halogens is 3. The SMILES string of the molecule is CCNC(C)c1cnc(-c2cc(F)c(F)c(F)c2)nc1C. The molecule has 1 N–H and O–H groups in total. The van der Waals surface area contributed by atoms with Gasteiger partial charge in [-0.3, -0.25) is 0 Å². The van der Waals surface area contributed by atoms with Gasteiger partial charge >= 0.3 is 0 Å². The summed E-state index contributed by atoms with van der Waals surface area (Å²) in [6.07, 6.45) is 1.62. The monoisotopic (exact) mass is 295 g/mol. The van der Waals surface area contributed by atoms with E-state index in [0.717, 1.165) is 24.2 Å². The van der Waals surface area contributed by atoms with Crippen LogP contribution in [0.25, 0.3) is 11.4 Å². The van der Waals surface area contributed by atoms with E-state index in [1.807, 2.05) is 13.8 Å². The lowest BCUT2D eigenvalue weighted by Crippen LogP contribution is -2.19. The minimum absolute atomic E-state index is 0.0748. The molecule has 2 rings (SSSR count). The number of aryl methyl sites for hydroxylation is 1. The first kappa shape index (κ1) is 15.4. The highest BCUT2D eigenvalue weighted by molar-refractivity contribution is 5.55. The second-order valence-corrected chi connectivity index (χ2v) is 4.77. The van der Waals surface area contributed by atoms with Crippen molar-refractivity contribution in [1.82, 2.24) is 15.3 Å². The lowest BCUT2D eigenvalue weighted by atomic mass is 10.1. The fraction of sp³-hybridized carbons (Fsp3) is 0.333. The lowest BCUT2D eigenvalue weighted by Gasteiger charge is -2.15. The van der Waals surface area contributed by atoms with E-state index in [0.29, 0.717) is 5.69 Å². The van der Waals surface area contributed by atoms with Gasteiger partial charge in [0.05, 0.1) is 0 Å². The Morgan fingerprint density at radius 3 is 2.33 bits per heavy atom. The summed E-state index contributed by atoms with van der Waals surface area (Å²) in [4.78, 5) is 8.37. The van der Waals surface area contributed by atoms with Crippen LogP contribution in [0.3, 0.4) is 0 Å². The molecule has 0 aliphatic heterocycles. The number of nitrogens with one attached hydrogen (secondary N) is 1. The summed E-state index contributed by atoms with van der Waals surface area (Å²) in [5, 5.41) is 3.24. The highest BCUT2D eigenvalue weighted by atomic mass is 19.2. The summed E-state index contributed by atoms with van der Waals surface area (Å²) < 4.78 is 39.5. The Morgan fingerprint density at radius 1 is 1.19 bits per heavy atom. The minimum Gasteiger partial charge on any atom is -0.310 e. The third-order valence-corrected chi connectivity index (χ3v) is 3.24. The average Bonchev–Trinajstić information content (AvgIpc) is 2.44. The predicted molar refractivity (Wildman–Crippen MR) is 74.2 cm³/mol. The number of aromatic nitrogens is 2. The van der Waals surface area contributed by atoms with Crippen molar-refractivity contribution in [3.05, 3.63) is 47.0 Å². The smallest absolute Gasteiger partial charge is 0.194 e. The Hall–Kier alpha value is -1.95. The predicted octanol–water partition coefficient (Wildman–Crippen LogP) is 3.54. The third kappa shape index (κ3) is 3.21. The van der Waals surface area contributed by atoms with Gasteiger partial charge in [0.15, 0.2) is 23.3 Å². The highest BCUT2D eigenvalue weighted by Crippen LogP contribution is 2.23. The van der Waals surface area contributed by atoms with Gasteiger partial charge in [0.25, 0.3) is 0 Å². The van der Waals surface area contributed by atoms with Gasteiger partial charge in [0.2, 0.25) is 0 Å². The van der Waals surface area contributed by atoms with E-state index in [1.165, 1.54) is 0 Å². The summed E-state index contributed by atoms with van der Waals surface area (Å²) >= 11 is 0. The van der Waals surface area contributed by atoms with E-state index < -0.39 is 17.5 Å². The second kappa shape index (κ2) is 6.22. The summed E-state index contributed by atoms with van der Waals surface area (Å²) in [6, 6.07) is 1.85. The van der Waals surface area contributed by atoms with E-state index in [1.54, 1.807) is 13.1 Å². The molecular formula is C15H16F3N3. The first-order valence-electron chi connectivity index (χ1n) is 6.65. The van der Waals surface area contributed by atoms with Crippen molar-refractivity contribution in [1.29, 1.82) is 0 Å². The molecule has 2 aromatic rings. The van der Waals surface area contributed by atoms with Crippen molar-refractivity contribution >= 4 is 0 Å². The van der Waals surface area contributed by atoms with Crippen LogP contribution in [0.4, 0.5) is 13.2 Å². The molecule has 21 heavy (non-hydrogen) atoms. The Labute approximate surface area is 121 Å². The van der Waals surface area contributed by atoms with Crippen molar-refractivity contribution in [2.75, 3.05) is 6.54 Å². The van der Waals surface area contributed by atoms with Crippen LogP contribution in [-0.2, 0) is 0 Å². The Balaban J connectivity index is 2.40. The van der Waals surface area contributed by atoms with Gasteiger partial charge in [-0.05, 0) is 32.5 Å². The van der Waals surface area contributed by atoms with E-state index in [4.69, 9.17) is 0 Å². The molecule has 0 saturated heterocycles. The highest BCUT2D eigenvalue weighted by Gasteiger charge is 2.15. The van der Waals surface area contributed by atoms with Crippen molar-refractivity contribution in [2.45, 2.75) is 26.8 Å². The number of benzene rings is 1.